The van der Waals surface area contributed by atoms with Crippen LogP contribution in [0.4, 0.5) is 5.82 Å². The maximum absolute atomic E-state index is 12.4. The van der Waals surface area contributed by atoms with Gasteiger partial charge in [0.25, 0.3) is 0 Å². The summed E-state index contributed by atoms with van der Waals surface area (Å²) < 4.78 is 2.13. The Balaban J connectivity index is 1.87. The highest BCUT2D eigenvalue weighted by molar-refractivity contribution is 7.98. The van der Waals surface area contributed by atoms with Crippen molar-refractivity contribution in [2.24, 2.45) is 0 Å². The minimum atomic E-state index is 0.0391. The van der Waals surface area contributed by atoms with E-state index in [2.05, 4.69) is 22.0 Å². The smallest absolute Gasteiger partial charge is 0.225 e. The van der Waals surface area contributed by atoms with Crippen LogP contribution in [0.15, 0.2) is 65.8 Å². The summed E-state index contributed by atoms with van der Waals surface area (Å²) in [6.45, 7) is 0.757. The number of hydrogen-bond donors (Lipinski definition) is 1. The number of hydrogen-bond acceptors (Lipinski definition) is 4. The number of carbonyl (C=O) groups is 1. The highest BCUT2D eigenvalue weighted by Crippen LogP contribution is 2.45. The number of rotatable bonds is 3. The molecule has 5 rings (SSSR count). The Morgan fingerprint density at radius 3 is 2.21 bits per heavy atom. The van der Waals surface area contributed by atoms with Crippen LogP contribution in [0.5, 0.6) is 0 Å². The molecule has 1 amide bonds. The molecule has 0 saturated heterocycles. The van der Waals surface area contributed by atoms with E-state index < -0.39 is 0 Å². The van der Waals surface area contributed by atoms with Gasteiger partial charge in [-0.15, -0.1) is 0 Å². The van der Waals surface area contributed by atoms with E-state index in [4.69, 9.17) is 9.97 Å². The third-order valence-electron chi connectivity index (χ3n) is 5.19. The summed E-state index contributed by atoms with van der Waals surface area (Å²) >= 11 is 1.59. The van der Waals surface area contributed by atoms with E-state index in [-0.39, 0.29) is 5.91 Å². The number of carbonyl (C=O) groups excluding carboxylic acids is 1. The van der Waals surface area contributed by atoms with Crippen LogP contribution in [0.3, 0.4) is 0 Å². The van der Waals surface area contributed by atoms with E-state index in [9.17, 15) is 4.79 Å². The summed E-state index contributed by atoms with van der Waals surface area (Å²) in [4.78, 5) is 22.5. The third kappa shape index (κ3) is 3.09. The van der Waals surface area contributed by atoms with E-state index in [0.29, 0.717) is 6.42 Å². The monoisotopic (exact) mass is 400 g/mol. The minimum Gasteiger partial charge on any atom is -0.311 e. The van der Waals surface area contributed by atoms with Gasteiger partial charge in [-0.1, -0.05) is 72.4 Å². The van der Waals surface area contributed by atoms with Crippen molar-refractivity contribution >= 4 is 23.5 Å². The first-order chi connectivity index (χ1) is 14.3. The first-order valence-corrected chi connectivity index (χ1v) is 10.9. The predicted octanol–water partition coefficient (Wildman–Crippen LogP) is 5.17. The average Bonchev–Trinajstić information content (AvgIpc) is 3.04. The molecule has 2 aromatic carbocycles. The van der Waals surface area contributed by atoms with Crippen molar-refractivity contribution in [2.75, 3.05) is 11.6 Å². The molecule has 1 N–H and O–H groups in total. The molecule has 0 bridgehead atoms. The third-order valence-corrected chi connectivity index (χ3v) is 5.86. The van der Waals surface area contributed by atoms with Gasteiger partial charge in [-0.05, 0) is 12.7 Å². The van der Waals surface area contributed by atoms with E-state index in [1.807, 2.05) is 54.8 Å². The van der Waals surface area contributed by atoms with E-state index >= 15 is 0 Å². The van der Waals surface area contributed by atoms with E-state index in [0.717, 1.165) is 57.7 Å². The van der Waals surface area contributed by atoms with Crippen molar-refractivity contribution < 1.29 is 4.79 Å². The number of anilines is 1. The van der Waals surface area contributed by atoms with Crippen LogP contribution < -0.4 is 5.32 Å². The molecule has 0 radical (unpaired) electrons. The van der Waals surface area contributed by atoms with Gasteiger partial charge in [-0.2, -0.15) is 0 Å². The SMILES string of the molecule is CSc1nc2c(-c3ccccc3)nc(-c3ccccc3)c-2c2n1CCCC(=O)N2. The van der Waals surface area contributed by atoms with Gasteiger partial charge >= 0.3 is 0 Å². The summed E-state index contributed by atoms with van der Waals surface area (Å²) in [6, 6.07) is 20.2. The number of benzene rings is 2. The lowest BCUT2D eigenvalue weighted by molar-refractivity contribution is -0.116. The Labute approximate surface area is 173 Å². The molecule has 0 atom stereocenters. The largest absolute Gasteiger partial charge is 0.311 e. The van der Waals surface area contributed by atoms with Crippen LogP contribution in [0.2, 0.25) is 0 Å². The zero-order valence-electron chi connectivity index (χ0n) is 16.1. The lowest BCUT2D eigenvalue weighted by atomic mass is 10.0. The maximum Gasteiger partial charge on any atom is 0.225 e. The normalized spacial score (nSPS) is 13.8. The van der Waals surface area contributed by atoms with E-state index in [1.54, 1.807) is 11.8 Å². The van der Waals surface area contributed by atoms with Gasteiger partial charge in [-0.3, -0.25) is 4.79 Å². The van der Waals surface area contributed by atoms with Crippen LogP contribution in [0, 0.1) is 0 Å². The maximum atomic E-state index is 12.4. The number of nitrogens with zero attached hydrogens (tertiary/aromatic N) is 3. The second-order valence-corrected chi connectivity index (χ2v) is 7.79. The Morgan fingerprint density at radius 1 is 0.897 bits per heavy atom. The lowest BCUT2D eigenvalue weighted by Crippen LogP contribution is -2.15. The highest BCUT2D eigenvalue weighted by atomic mass is 32.2. The fraction of sp³-hybridized carbons (Fsp3) is 0.174. The predicted molar refractivity (Wildman–Crippen MR) is 117 cm³/mol. The summed E-state index contributed by atoms with van der Waals surface area (Å²) in [5.41, 5.74) is 5.46. The molecule has 0 aromatic heterocycles. The summed E-state index contributed by atoms with van der Waals surface area (Å²) in [6.07, 6.45) is 3.33. The Morgan fingerprint density at radius 2 is 1.55 bits per heavy atom. The molecule has 29 heavy (non-hydrogen) atoms. The summed E-state index contributed by atoms with van der Waals surface area (Å²) in [5.74, 6) is 0.840. The second-order valence-electron chi connectivity index (χ2n) is 7.02. The second kappa shape index (κ2) is 7.37. The molecule has 0 saturated carbocycles. The molecule has 0 unspecified atom stereocenters. The van der Waals surface area contributed by atoms with Crippen molar-refractivity contribution in [2.45, 2.75) is 24.5 Å². The van der Waals surface area contributed by atoms with Gasteiger partial charge in [0.2, 0.25) is 5.91 Å². The standard InChI is InChI=1S/C23H20N4OS/c1-29-23-26-21-18(22-24-17(28)13-8-14-27(22)23)19(15-9-4-2-5-10-15)25-20(21)16-11-6-3-7-12-16/h2-7,9-12H,8,13-14H2,1H3,(H,24,28). The van der Waals surface area contributed by atoms with Crippen molar-refractivity contribution in [3.8, 4) is 33.8 Å². The first kappa shape index (κ1) is 17.9. The van der Waals surface area contributed by atoms with Crippen molar-refractivity contribution in [1.82, 2.24) is 14.5 Å². The molecule has 6 heteroatoms. The zero-order valence-corrected chi connectivity index (χ0v) is 16.9. The Bertz CT molecular complexity index is 1150. The van der Waals surface area contributed by atoms with Crippen LogP contribution >= 0.6 is 11.8 Å². The Kier molecular flexibility index (Phi) is 4.56. The number of thioether (sulfide) groups is 1. The molecule has 3 aliphatic rings. The van der Waals surface area contributed by atoms with Crippen molar-refractivity contribution in [1.29, 1.82) is 0 Å². The number of aromatic nitrogens is 3. The molecule has 3 aliphatic heterocycles. The molecule has 0 aliphatic carbocycles. The fourth-order valence-corrected chi connectivity index (χ4v) is 4.44. The highest BCUT2D eigenvalue weighted by Gasteiger charge is 2.30. The summed E-state index contributed by atoms with van der Waals surface area (Å²) in [7, 11) is 0. The van der Waals surface area contributed by atoms with E-state index in [1.165, 1.54) is 0 Å². The minimum absolute atomic E-state index is 0.0391. The van der Waals surface area contributed by atoms with Crippen LogP contribution in [0.1, 0.15) is 12.8 Å². The summed E-state index contributed by atoms with van der Waals surface area (Å²) in [5, 5.41) is 4.03. The molecule has 3 heterocycles. The van der Waals surface area contributed by atoms with Gasteiger partial charge in [0, 0.05) is 24.1 Å². The van der Waals surface area contributed by atoms with Crippen LogP contribution in [0.25, 0.3) is 33.8 Å². The first-order valence-electron chi connectivity index (χ1n) is 9.65. The molecule has 0 fully saturated rings. The van der Waals surface area contributed by atoms with Gasteiger partial charge < -0.3 is 9.88 Å². The van der Waals surface area contributed by atoms with Gasteiger partial charge in [0.1, 0.15) is 11.5 Å². The lowest BCUT2D eigenvalue weighted by Gasteiger charge is -2.19. The number of fused-ring (bicyclic) bond motifs is 3. The van der Waals surface area contributed by atoms with Gasteiger partial charge in [0.15, 0.2) is 5.16 Å². The van der Waals surface area contributed by atoms with Crippen molar-refractivity contribution in [3.63, 3.8) is 0 Å². The quantitative estimate of drug-likeness (QED) is 0.381. The van der Waals surface area contributed by atoms with Crippen molar-refractivity contribution in [3.05, 3.63) is 60.7 Å². The molecule has 144 valence electrons. The van der Waals surface area contributed by atoms with Crippen LogP contribution in [-0.2, 0) is 11.3 Å². The average molecular weight is 401 g/mol. The Hall–Kier alpha value is -3.12. The fourth-order valence-electron chi connectivity index (χ4n) is 3.86. The van der Waals surface area contributed by atoms with Crippen LogP contribution in [-0.4, -0.2) is 26.7 Å². The molecular formula is C23H20N4OS. The topological polar surface area (TPSA) is 59.8 Å². The molecular weight excluding hydrogens is 380 g/mol. The molecule has 2 aromatic rings. The number of amides is 1. The molecule has 0 spiro atoms. The van der Waals surface area contributed by atoms with Gasteiger partial charge in [-0.25, -0.2) is 9.97 Å². The zero-order chi connectivity index (χ0) is 19.8. The van der Waals surface area contributed by atoms with Gasteiger partial charge in [0.05, 0.1) is 17.0 Å². The number of nitrogens with one attached hydrogen (secondary N) is 1. The molecule has 5 nitrogen and oxygen atoms in total.